The third kappa shape index (κ3) is 3.87. The van der Waals surface area contributed by atoms with Gasteiger partial charge in [-0.3, -0.25) is 9.67 Å². The second kappa shape index (κ2) is 8.29. The van der Waals surface area contributed by atoms with Gasteiger partial charge in [0, 0.05) is 45.0 Å². The van der Waals surface area contributed by atoms with Crippen molar-refractivity contribution in [1.82, 2.24) is 39.1 Å². The maximum Gasteiger partial charge on any atom is 0.244 e. The number of piperazine rings is 1. The molecule has 34 heavy (non-hydrogen) atoms. The van der Waals surface area contributed by atoms with Crippen molar-refractivity contribution < 1.29 is 0 Å². The van der Waals surface area contributed by atoms with E-state index in [4.69, 9.17) is 5.10 Å². The van der Waals surface area contributed by atoms with Gasteiger partial charge in [-0.25, -0.2) is 14.2 Å². The van der Waals surface area contributed by atoms with Crippen LogP contribution in [0.5, 0.6) is 0 Å². The number of anilines is 2. The van der Waals surface area contributed by atoms with Crippen molar-refractivity contribution in [1.29, 1.82) is 0 Å². The monoisotopic (exact) mass is 454 g/mol. The van der Waals surface area contributed by atoms with Gasteiger partial charge in [0.1, 0.15) is 11.8 Å². The van der Waals surface area contributed by atoms with Crippen LogP contribution in [0.25, 0.3) is 16.8 Å². The van der Waals surface area contributed by atoms with E-state index < -0.39 is 0 Å². The molecule has 4 aromatic heterocycles. The number of rotatable bonds is 5. The molecule has 0 unspecified atom stereocenters. The maximum absolute atomic E-state index is 4.71. The van der Waals surface area contributed by atoms with Crippen LogP contribution >= 0.6 is 0 Å². The van der Waals surface area contributed by atoms with Gasteiger partial charge in [-0.05, 0) is 12.5 Å². The predicted octanol–water partition coefficient (Wildman–Crippen LogP) is 2.40. The number of aryl methyl sites for hydroxylation is 2. The Morgan fingerprint density at radius 1 is 0.853 bits per heavy atom. The molecule has 0 amide bonds. The van der Waals surface area contributed by atoms with Gasteiger partial charge in [-0.1, -0.05) is 29.8 Å². The Hall–Kier alpha value is -4.21. The third-order valence-corrected chi connectivity index (χ3v) is 6.28. The summed E-state index contributed by atoms with van der Waals surface area (Å²) >= 11 is 0. The van der Waals surface area contributed by atoms with Crippen molar-refractivity contribution in [2.24, 2.45) is 7.05 Å². The Morgan fingerprint density at radius 2 is 1.65 bits per heavy atom. The summed E-state index contributed by atoms with van der Waals surface area (Å²) in [6, 6.07) is 8.53. The lowest BCUT2D eigenvalue weighted by atomic mass is 10.1. The molecule has 172 valence electrons. The van der Waals surface area contributed by atoms with E-state index in [1.165, 1.54) is 11.1 Å². The molecule has 0 bridgehead atoms. The number of nitrogens with zero attached hydrogens (tertiary/aromatic N) is 10. The molecular formula is C24H26N10. The molecule has 0 radical (unpaired) electrons. The smallest absolute Gasteiger partial charge is 0.244 e. The van der Waals surface area contributed by atoms with Crippen molar-refractivity contribution in [3.05, 3.63) is 72.7 Å². The first-order valence-corrected chi connectivity index (χ1v) is 11.4. The predicted molar refractivity (Wildman–Crippen MR) is 130 cm³/mol. The van der Waals surface area contributed by atoms with Crippen LogP contribution in [0.1, 0.15) is 11.1 Å². The van der Waals surface area contributed by atoms with E-state index in [2.05, 4.69) is 61.2 Å². The summed E-state index contributed by atoms with van der Waals surface area (Å²) in [6.07, 6.45) is 11.4. The minimum Gasteiger partial charge on any atom is -0.365 e. The molecular weight excluding hydrogens is 428 g/mol. The molecule has 0 N–H and O–H groups in total. The lowest BCUT2D eigenvalue weighted by Gasteiger charge is -2.34. The zero-order valence-corrected chi connectivity index (χ0v) is 19.3. The summed E-state index contributed by atoms with van der Waals surface area (Å²) < 4.78 is 5.57. The fourth-order valence-corrected chi connectivity index (χ4v) is 4.35. The molecule has 1 aliphatic heterocycles. The van der Waals surface area contributed by atoms with Gasteiger partial charge in [-0.15, -0.1) is 5.10 Å². The van der Waals surface area contributed by atoms with E-state index >= 15 is 0 Å². The maximum atomic E-state index is 4.71. The molecule has 0 spiro atoms. The van der Waals surface area contributed by atoms with E-state index in [1.807, 2.05) is 53.6 Å². The summed E-state index contributed by atoms with van der Waals surface area (Å²) in [4.78, 5) is 13.8. The number of aromatic nitrogens is 8. The quantitative estimate of drug-likeness (QED) is 0.403. The van der Waals surface area contributed by atoms with Crippen molar-refractivity contribution in [3.63, 3.8) is 0 Å². The fraction of sp³-hybridized carbons (Fsp3) is 0.292. The molecule has 10 heteroatoms. The molecule has 0 atom stereocenters. The largest absolute Gasteiger partial charge is 0.365 e. The molecule has 1 saturated heterocycles. The molecule has 0 aliphatic carbocycles. The van der Waals surface area contributed by atoms with Crippen LogP contribution in [0, 0.1) is 6.92 Å². The normalized spacial score (nSPS) is 14.3. The molecule has 1 fully saturated rings. The molecule has 5 aromatic rings. The molecule has 1 aromatic carbocycles. The first-order chi connectivity index (χ1) is 16.6. The van der Waals surface area contributed by atoms with E-state index in [0.717, 1.165) is 61.1 Å². The fourth-order valence-electron chi connectivity index (χ4n) is 4.35. The van der Waals surface area contributed by atoms with Gasteiger partial charge < -0.3 is 9.80 Å². The Morgan fingerprint density at radius 3 is 2.41 bits per heavy atom. The lowest BCUT2D eigenvalue weighted by molar-refractivity contribution is 0.628. The van der Waals surface area contributed by atoms with Crippen LogP contribution in [0.15, 0.2) is 61.6 Å². The van der Waals surface area contributed by atoms with Crippen LogP contribution in [-0.4, -0.2) is 65.3 Å². The van der Waals surface area contributed by atoms with Crippen LogP contribution in [0.2, 0.25) is 0 Å². The Kier molecular flexibility index (Phi) is 4.97. The average molecular weight is 455 g/mol. The van der Waals surface area contributed by atoms with E-state index in [-0.39, 0.29) is 0 Å². The Balaban J connectivity index is 1.12. The highest BCUT2D eigenvalue weighted by atomic mass is 15.4. The van der Waals surface area contributed by atoms with Gasteiger partial charge in [0.2, 0.25) is 5.95 Å². The Bertz CT molecular complexity index is 1420. The number of hydrogen-bond acceptors (Lipinski definition) is 7. The molecule has 1 aliphatic rings. The minimum absolute atomic E-state index is 0.726. The summed E-state index contributed by atoms with van der Waals surface area (Å²) in [5.74, 6) is 0.786. The standard InChI is InChI=1S/C24H26N10/c1-18-3-5-19(6-4-18)14-33-17-26-24(29-33)32-9-7-31(8-10-32)22-13-28-34-16-21(25-12-23(22)34)20-11-27-30(2)15-20/h3-6,11-13,15-17H,7-10,14H2,1-2H3. The second-order valence-electron chi connectivity index (χ2n) is 8.74. The van der Waals surface area contributed by atoms with Crippen molar-refractivity contribution in [2.45, 2.75) is 13.5 Å². The number of fused-ring (bicyclic) bond motifs is 1. The summed E-state index contributed by atoms with van der Waals surface area (Å²) in [5.41, 5.74) is 6.41. The average Bonchev–Trinajstić information content (AvgIpc) is 3.60. The van der Waals surface area contributed by atoms with Crippen LogP contribution in [-0.2, 0) is 13.6 Å². The third-order valence-electron chi connectivity index (χ3n) is 6.28. The lowest BCUT2D eigenvalue weighted by Crippen LogP contribution is -2.47. The van der Waals surface area contributed by atoms with Crippen molar-refractivity contribution in [2.75, 3.05) is 36.0 Å². The first kappa shape index (κ1) is 20.4. The van der Waals surface area contributed by atoms with Crippen LogP contribution < -0.4 is 9.80 Å². The van der Waals surface area contributed by atoms with Gasteiger partial charge in [0.25, 0.3) is 0 Å². The summed E-state index contributed by atoms with van der Waals surface area (Å²) in [6.45, 7) is 6.28. The number of benzene rings is 1. The molecule has 6 rings (SSSR count). The highest BCUT2D eigenvalue weighted by molar-refractivity contribution is 5.73. The summed E-state index contributed by atoms with van der Waals surface area (Å²) in [5, 5.41) is 13.5. The van der Waals surface area contributed by atoms with Gasteiger partial charge >= 0.3 is 0 Å². The summed E-state index contributed by atoms with van der Waals surface area (Å²) in [7, 11) is 1.90. The highest BCUT2D eigenvalue weighted by Crippen LogP contribution is 2.25. The molecule has 10 nitrogen and oxygen atoms in total. The van der Waals surface area contributed by atoms with E-state index in [0.29, 0.717) is 0 Å². The zero-order chi connectivity index (χ0) is 23.1. The first-order valence-electron chi connectivity index (χ1n) is 11.4. The topological polar surface area (TPSA) is 85.2 Å². The van der Waals surface area contributed by atoms with Crippen LogP contribution in [0.3, 0.4) is 0 Å². The van der Waals surface area contributed by atoms with Crippen molar-refractivity contribution >= 4 is 17.2 Å². The van der Waals surface area contributed by atoms with E-state index in [1.54, 1.807) is 4.68 Å². The minimum atomic E-state index is 0.726. The zero-order valence-electron chi connectivity index (χ0n) is 19.3. The van der Waals surface area contributed by atoms with Gasteiger partial charge in [0.15, 0.2) is 0 Å². The second-order valence-corrected chi connectivity index (χ2v) is 8.74. The Labute approximate surface area is 197 Å². The highest BCUT2D eigenvalue weighted by Gasteiger charge is 2.22. The SMILES string of the molecule is Cc1ccc(Cn2cnc(N3CCN(c4cnn5cc(-c6cnn(C)c6)ncc45)CC3)n2)cc1. The van der Waals surface area contributed by atoms with Gasteiger partial charge in [-0.2, -0.15) is 10.2 Å². The van der Waals surface area contributed by atoms with Crippen molar-refractivity contribution in [3.8, 4) is 11.3 Å². The number of hydrogen-bond donors (Lipinski definition) is 0. The molecule has 0 saturated carbocycles. The van der Waals surface area contributed by atoms with Gasteiger partial charge in [0.05, 0.1) is 42.7 Å². The molecule has 5 heterocycles. The van der Waals surface area contributed by atoms with E-state index in [9.17, 15) is 0 Å². The van der Waals surface area contributed by atoms with Crippen LogP contribution in [0.4, 0.5) is 11.6 Å².